The van der Waals surface area contributed by atoms with Gasteiger partial charge < -0.3 is 9.80 Å². The van der Waals surface area contributed by atoms with Crippen LogP contribution in [0.1, 0.15) is 39.5 Å². The molecule has 0 N–H and O–H groups in total. The zero-order chi connectivity index (χ0) is 14.8. The van der Waals surface area contributed by atoms with E-state index in [4.69, 9.17) is 0 Å². The maximum absolute atomic E-state index is 12.4. The van der Waals surface area contributed by atoms with E-state index in [1.807, 2.05) is 11.8 Å². The van der Waals surface area contributed by atoms with Crippen LogP contribution in [0.15, 0.2) is 12.7 Å². The van der Waals surface area contributed by atoms with Gasteiger partial charge in [0.1, 0.15) is 0 Å². The molecule has 1 heterocycles. The van der Waals surface area contributed by atoms with Gasteiger partial charge in [-0.05, 0) is 43.6 Å². The smallest absolute Gasteiger partial charge is 0.246 e. The van der Waals surface area contributed by atoms with E-state index in [0.29, 0.717) is 12.0 Å². The molecule has 1 spiro atoms. The van der Waals surface area contributed by atoms with Gasteiger partial charge in [-0.3, -0.25) is 9.59 Å². The van der Waals surface area contributed by atoms with E-state index in [2.05, 4.69) is 13.5 Å². The van der Waals surface area contributed by atoms with Gasteiger partial charge in [-0.2, -0.15) is 0 Å². The highest BCUT2D eigenvalue weighted by Crippen LogP contribution is 2.50. The molecule has 1 saturated carbocycles. The summed E-state index contributed by atoms with van der Waals surface area (Å²) >= 11 is 0. The number of hydrogen-bond acceptors (Lipinski definition) is 2. The number of rotatable bonds is 4. The quantitative estimate of drug-likeness (QED) is 0.739. The Hall–Kier alpha value is -1.32. The first-order valence-corrected chi connectivity index (χ1v) is 7.71. The van der Waals surface area contributed by atoms with Gasteiger partial charge in [0.25, 0.3) is 0 Å². The fraction of sp³-hybridized carbons (Fsp3) is 0.750. The van der Waals surface area contributed by atoms with Crippen molar-refractivity contribution in [3.05, 3.63) is 12.7 Å². The van der Waals surface area contributed by atoms with Gasteiger partial charge in [0.15, 0.2) is 0 Å². The summed E-state index contributed by atoms with van der Waals surface area (Å²) in [6.07, 6.45) is 6.17. The average Bonchev–Trinajstić information content (AvgIpc) is 2.42. The molecule has 2 fully saturated rings. The molecule has 1 aliphatic carbocycles. The normalized spacial score (nSPS) is 24.1. The van der Waals surface area contributed by atoms with E-state index < -0.39 is 0 Å². The number of piperidine rings is 1. The van der Waals surface area contributed by atoms with Crippen LogP contribution in [0.3, 0.4) is 0 Å². The molecule has 0 aromatic rings. The molecule has 0 radical (unpaired) electrons. The van der Waals surface area contributed by atoms with Gasteiger partial charge in [-0.15, -0.1) is 0 Å². The third-order valence-electron chi connectivity index (χ3n) is 5.28. The Morgan fingerprint density at radius 1 is 1.45 bits per heavy atom. The van der Waals surface area contributed by atoms with Crippen LogP contribution in [0.25, 0.3) is 0 Å². The van der Waals surface area contributed by atoms with Crippen LogP contribution in [-0.4, -0.2) is 47.8 Å². The van der Waals surface area contributed by atoms with Gasteiger partial charge in [-0.25, -0.2) is 0 Å². The molecular weight excluding hydrogens is 252 g/mol. The molecule has 2 amide bonds. The number of likely N-dealkylation sites (tertiary alicyclic amines) is 1. The summed E-state index contributed by atoms with van der Waals surface area (Å²) in [6, 6.07) is 0. The molecule has 20 heavy (non-hydrogen) atoms. The SMILES string of the molecule is C=CC(=O)N(CC)CC(=O)N1CCC(C)C2(CCC2)C1. The van der Waals surface area contributed by atoms with Crippen molar-refractivity contribution in [2.75, 3.05) is 26.2 Å². The third-order valence-corrected chi connectivity index (χ3v) is 5.28. The largest absolute Gasteiger partial charge is 0.341 e. The Bertz CT molecular complexity index is 401. The van der Waals surface area contributed by atoms with Crippen molar-refractivity contribution in [1.82, 2.24) is 9.80 Å². The van der Waals surface area contributed by atoms with E-state index in [0.717, 1.165) is 25.4 Å². The van der Waals surface area contributed by atoms with Crippen molar-refractivity contribution in [2.45, 2.75) is 39.5 Å². The third kappa shape index (κ3) is 2.74. The molecule has 1 saturated heterocycles. The zero-order valence-electron chi connectivity index (χ0n) is 12.7. The van der Waals surface area contributed by atoms with Crippen LogP contribution in [0.2, 0.25) is 0 Å². The summed E-state index contributed by atoms with van der Waals surface area (Å²) < 4.78 is 0. The summed E-state index contributed by atoms with van der Waals surface area (Å²) in [5.74, 6) is 0.641. The van der Waals surface area contributed by atoms with Crippen LogP contribution in [0, 0.1) is 11.3 Å². The topological polar surface area (TPSA) is 40.6 Å². The van der Waals surface area contributed by atoms with Gasteiger partial charge in [-0.1, -0.05) is 19.9 Å². The van der Waals surface area contributed by atoms with Crippen LogP contribution < -0.4 is 0 Å². The molecule has 112 valence electrons. The lowest BCUT2D eigenvalue weighted by Crippen LogP contribution is -2.55. The molecule has 0 aromatic heterocycles. The van der Waals surface area contributed by atoms with Crippen LogP contribution >= 0.6 is 0 Å². The Morgan fingerprint density at radius 2 is 2.15 bits per heavy atom. The highest BCUT2D eigenvalue weighted by Gasteiger charge is 2.46. The number of likely N-dealkylation sites (N-methyl/N-ethyl adjacent to an activating group) is 1. The van der Waals surface area contributed by atoms with Crippen molar-refractivity contribution < 1.29 is 9.59 Å². The second kappa shape index (κ2) is 5.98. The van der Waals surface area contributed by atoms with Crippen molar-refractivity contribution in [2.24, 2.45) is 11.3 Å². The summed E-state index contributed by atoms with van der Waals surface area (Å²) in [5, 5.41) is 0. The van der Waals surface area contributed by atoms with E-state index in [1.54, 1.807) is 4.90 Å². The minimum Gasteiger partial charge on any atom is -0.341 e. The summed E-state index contributed by atoms with van der Waals surface area (Å²) in [7, 11) is 0. The molecule has 4 nitrogen and oxygen atoms in total. The first-order chi connectivity index (χ1) is 9.52. The molecular formula is C16H26N2O2. The number of hydrogen-bond donors (Lipinski definition) is 0. The van der Waals surface area contributed by atoms with Crippen molar-refractivity contribution in [3.8, 4) is 0 Å². The molecule has 0 bridgehead atoms. The summed E-state index contributed by atoms with van der Waals surface area (Å²) in [5.41, 5.74) is 0.368. The Morgan fingerprint density at radius 3 is 2.65 bits per heavy atom. The van der Waals surface area contributed by atoms with Crippen molar-refractivity contribution in [1.29, 1.82) is 0 Å². The lowest BCUT2D eigenvalue weighted by molar-refractivity contribution is -0.144. The molecule has 1 aliphatic heterocycles. The molecule has 1 atom stereocenters. The van der Waals surface area contributed by atoms with Gasteiger partial charge >= 0.3 is 0 Å². The molecule has 0 aromatic carbocycles. The molecule has 2 aliphatic rings. The number of carbonyl (C=O) groups excluding carboxylic acids is 2. The first-order valence-electron chi connectivity index (χ1n) is 7.71. The second-order valence-electron chi connectivity index (χ2n) is 6.28. The average molecular weight is 278 g/mol. The fourth-order valence-electron chi connectivity index (χ4n) is 3.50. The Kier molecular flexibility index (Phi) is 4.51. The second-order valence-corrected chi connectivity index (χ2v) is 6.28. The van der Waals surface area contributed by atoms with Crippen LogP contribution in [-0.2, 0) is 9.59 Å². The standard InChI is InChI=1S/C16H26N2O2/c1-4-14(19)17(5-2)11-15(20)18-10-7-13(3)16(12-18)8-6-9-16/h4,13H,1,5-12H2,2-3H3. The van der Waals surface area contributed by atoms with Gasteiger partial charge in [0.2, 0.25) is 11.8 Å². The first kappa shape index (κ1) is 15.1. The molecule has 4 heteroatoms. The van der Waals surface area contributed by atoms with Gasteiger partial charge in [0.05, 0.1) is 6.54 Å². The predicted molar refractivity (Wildman–Crippen MR) is 79.1 cm³/mol. The maximum atomic E-state index is 12.4. The lowest BCUT2D eigenvalue weighted by Gasteiger charge is -2.53. The van der Waals surface area contributed by atoms with E-state index in [1.165, 1.54) is 25.3 Å². The minimum atomic E-state index is -0.162. The van der Waals surface area contributed by atoms with E-state index >= 15 is 0 Å². The number of nitrogens with zero attached hydrogens (tertiary/aromatic N) is 2. The maximum Gasteiger partial charge on any atom is 0.246 e. The van der Waals surface area contributed by atoms with Gasteiger partial charge in [0, 0.05) is 19.6 Å². The van der Waals surface area contributed by atoms with E-state index in [9.17, 15) is 9.59 Å². The molecule has 1 unspecified atom stereocenters. The summed E-state index contributed by atoms with van der Waals surface area (Å²) in [6.45, 7) is 10.1. The van der Waals surface area contributed by atoms with Crippen LogP contribution in [0.5, 0.6) is 0 Å². The molecule has 2 rings (SSSR count). The monoisotopic (exact) mass is 278 g/mol. The Labute approximate surface area is 121 Å². The highest BCUT2D eigenvalue weighted by molar-refractivity contribution is 5.90. The predicted octanol–water partition coefficient (Wildman–Crippen LogP) is 2.06. The highest BCUT2D eigenvalue weighted by atomic mass is 16.2. The minimum absolute atomic E-state index is 0.0835. The van der Waals surface area contributed by atoms with Crippen molar-refractivity contribution >= 4 is 11.8 Å². The van der Waals surface area contributed by atoms with Crippen LogP contribution in [0.4, 0.5) is 0 Å². The Balaban J connectivity index is 1.95. The zero-order valence-corrected chi connectivity index (χ0v) is 12.7. The van der Waals surface area contributed by atoms with E-state index in [-0.39, 0.29) is 18.4 Å². The number of amides is 2. The summed E-state index contributed by atoms with van der Waals surface area (Å²) in [4.78, 5) is 27.6. The van der Waals surface area contributed by atoms with Crippen molar-refractivity contribution in [3.63, 3.8) is 0 Å². The lowest BCUT2D eigenvalue weighted by atomic mass is 9.59. The fourth-order valence-corrected chi connectivity index (χ4v) is 3.50. The number of carbonyl (C=O) groups is 2.